The van der Waals surface area contributed by atoms with Crippen LogP contribution in [-0.2, 0) is 10.0 Å². The van der Waals surface area contributed by atoms with Crippen LogP contribution in [0.1, 0.15) is 13.3 Å². The van der Waals surface area contributed by atoms with Crippen molar-refractivity contribution in [2.24, 2.45) is 0 Å². The van der Waals surface area contributed by atoms with Crippen molar-refractivity contribution in [2.75, 3.05) is 17.5 Å². The molecule has 5 nitrogen and oxygen atoms in total. The standard InChI is InChI=1S/C17H17BrN2O3S/c1-2-23-16-8-6-15(7-9-16)20(13-3-12-19)24(21,22)17-10-4-14(18)5-11-17/h4-11H,2-3,13H2,1H3. The third-order valence-electron chi connectivity index (χ3n) is 3.26. The molecule has 0 aliphatic heterocycles. The fourth-order valence-electron chi connectivity index (χ4n) is 2.15. The van der Waals surface area contributed by atoms with Gasteiger partial charge < -0.3 is 4.74 Å². The van der Waals surface area contributed by atoms with E-state index in [1.54, 1.807) is 36.4 Å². The van der Waals surface area contributed by atoms with Crippen LogP contribution < -0.4 is 9.04 Å². The van der Waals surface area contributed by atoms with E-state index in [0.29, 0.717) is 18.0 Å². The summed E-state index contributed by atoms with van der Waals surface area (Å²) in [5.74, 6) is 0.669. The van der Waals surface area contributed by atoms with Crippen molar-refractivity contribution >= 4 is 31.6 Å². The van der Waals surface area contributed by atoms with Gasteiger partial charge in [0, 0.05) is 11.0 Å². The first kappa shape index (κ1) is 18.3. The molecule has 2 rings (SSSR count). The maximum atomic E-state index is 12.9. The van der Waals surface area contributed by atoms with Gasteiger partial charge in [-0.25, -0.2) is 8.42 Å². The lowest BCUT2D eigenvalue weighted by Gasteiger charge is -2.24. The van der Waals surface area contributed by atoms with Crippen molar-refractivity contribution in [3.63, 3.8) is 0 Å². The van der Waals surface area contributed by atoms with Gasteiger partial charge >= 0.3 is 0 Å². The summed E-state index contributed by atoms with van der Waals surface area (Å²) in [5.41, 5.74) is 0.497. The van der Waals surface area contributed by atoms with Crippen LogP contribution in [0.15, 0.2) is 57.9 Å². The molecule has 0 saturated heterocycles. The average Bonchev–Trinajstić information content (AvgIpc) is 2.57. The number of benzene rings is 2. The molecular formula is C17H17BrN2O3S. The van der Waals surface area contributed by atoms with Gasteiger partial charge in [-0.2, -0.15) is 5.26 Å². The molecule has 0 fully saturated rings. The highest BCUT2D eigenvalue weighted by molar-refractivity contribution is 9.10. The van der Waals surface area contributed by atoms with E-state index in [-0.39, 0.29) is 17.9 Å². The van der Waals surface area contributed by atoms with Gasteiger partial charge in [-0.1, -0.05) is 15.9 Å². The Bertz CT molecular complexity index is 812. The number of hydrogen-bond acceptors (Lipinski definition) is 4. The second kappa shape index (κ2) is 8.18. The zero-order valence-corrected chi connectivity index (χ0v) is 15.5. The molecule has 0 spiro atoms. The fraction of sp³-hybridized carbons (Fsp3) is 0.235. The summed E-state index contributed by atoms with van der Waals surface area (Å²) in [7, 11) is -3.75. The Balaban J connectivity index is 2.40. The van der Waals surface area contributed by atoms with Crippen LogP contribution in [0, 0.1) is 11.3 Å². The Labute approximate surface area is 150 Å². The van der Waals surface area contributed by atoms with Gasteiger partial charge in [-0.05, 0) is 55.5 Å². The molecule has 126 valence electrons. The first-order valence-corrected chi connectivity index (χ1v) is 9.60. The number of rotatable bonds is 7. The maximum Gasteiger partial charge on any atom is 0.264 e. The van der Waals surface area contributed by atoms with Crippen molar-refractivity contribution in [2.45, 2.75) is 18.2 Å². The summed E-state index contributed by atoms with van der Waals surface area (Å²) in [6, 6.07) is 15.2. The Kier molecular flexibility index (Phi) is 6.23. The number of sulfonamides is 1. The molecule has 0 aliphatic carbocycles. The lowest BCUT2D eigenvalue weighted by molar-refractivity contribution is 0.340. The van der Waals surface area contributed by atoms with Crippen LogP contribution in [0.3, 0.4) is 0 Å². The molecule has 0 aliphatic rings. The first-order chi connectivity index (χ1) is 11.5. The highest BCUT2D eigenvalue weighted by Crippen LogP contribution is 2.26. The molecule has 0 heterocycles. The van der Waals surface area contributed by atoms with Crippen molar-refractivity contribution in [1.82, 2.24) is 0 Å². The number of hydrogen-bond donors (Lipinski definition) is 0. The summed E-state index contributed by atoms with van der Waals surface area (Å²) in [4.78, 5) is 0.178. The minimum atomic E-state index is -3.75. The van der Waals surface area contributed by atoms with E-state index in [2.05, 4.69) is 15.9 Å². The summed E-state index contributed by atoms with van der Waals surface area (Å²) >= 11 is 3.29. The average molecular weight is 409 g/mol. The highest BCUT2D eigenvalue weighted by Gasteiger charge is 2.24. The molecule has 0 saturated carbocycles. The summed E-state index contributed by atoms with van der Waals surface area (Å²) in [5, 5.41) is 8.85. The summed E-state index contributed by atoms with van der Waals surface area (Å²) in [6.45, 7) is 2.50. The van der Waals surface area contributed by atoms with Crippen LogP contribution >= 0.6 is 15.9 Å². The lowest BCUT2D eigenvalue weighted by atomic mass is 10.3. The zero-order valence-electron chi connectivity index (χ0n) is 13.1. The second-order valence-electron chi connectivity index (χ2n) is 4.87. The van der Waals surface area contributed by atoms with E-state index in [0.717, 1.165) is 4.47 Å². The molecule has 7 heteroatoms. The fourth-order valence-corrected chi connectivity index (χ4v) is 3.88. The number of ether oxygens (including phenoxy) is 1. The van der Waals surface area contributed by atoms with Gasteiger partial charge in [0.1, 0.15) is 5.75 Å². The zero-order chi connectivity index (χ0) is 17.6. The van der Waals surface area contributed by atoms with E-state index in [4.69, 9.17) is 10.00 Å². The highest BCUT2D eigenvalue weighted by atomic mass is 79.9. The normalized spacial score (nSPS) is 10.9. The Morgan fingerprint density at radius 2 is 1.75 bits per heavy atom. The van der Waals surface area contributed by atoms with E-state index in [1.807, 2.05) is 13.0 Å². The van der Waals surface area contributed by atoms with Gasteiger partial charge in [0.2, 0.25) is 0 Å². The SMILES string of the molecule is CCOc1ccc(N(CCC#N)S(=O)(=O)c2ccc(Br)cc2)cc1. The number of halogens is 1. The molecule has 2 aromatic rings. The van der Waals surface area contributed by atoms with Crippen LogP contribution in [-0.4, -0.2) is 21.6 Å². The lowest BCUT2D eigenvalue weighted by Crippen LogP contribution is -2.31. The predicted octanol–water partition coefficient (Wildman–Crippen LogP) is 3.96. The van der Waals surface area contributed by atoms with E-state index in [9.17, 15) is 8.42 Å². The largest absolute Gasteiger partial charge is 0.494 e. The summed E-state index contributed by atoms with van der Waals surface area (Å²) < 4.78 is 33.3. The molecule has 0 unspecified atom stereocenters. The molecule has 2 aromatic carbocycles. The second-order valence-corrected chi connectivity index (χ2v) is 7.64. The Morgan fingerprint density at radius 1 is 1.12 bits per heavy atom. The van der Waals surface area contributed by atoms with E-state index < -0.39 is 10.0 Å². The maximum absolute atomic E-state index is 12.9. The topological polar surface area (TPSA) is 70.4 Å². The number of nitrogens with zero attached hydrogens (tertiary/aromatic N) is 2. The monoisotopic (exact) mass is 408 g/mol. The molecule has 0 radical (unpaired) electrons. The predicted molar refractivity (Wildman–Crippen MR) is 96.5 cm³/mol. The molecule has 0 bridgehead atoms. The smallest absolute Gasteiger partial charge is 0.264 e. The third kappa shape index (κ3) is 4.28. The molecule has 24 heavy (non-hydrogen) atoms. The Hall–Kier alpha value is -2.04. The van der Waals surface area contributed by atoms with Crippen molar-refractivity contribution < 1.29 is 13.2 Å². The van der Waals surface area contributed by atoms with E-state index >= 15 is 0 Å². The van der Waals surface area contributed by atoms with E-state index in [1.165, 1.54) is 16.4 Å². The molecular weight excluding hydrogens is 392 g/mol. The molecule has 0 amide bonds. The van der Waals surface area contributed by atoms with Gasteiger partial charge in [-0.3, -0.25) is 4.31 Å². The summed E-state index contributed by atoms with van der Waals surface area (Å²) in [6.07, 6.45) is 0.100. The first-order valence-electron chi connectivity index (χ1n) is 7.37. The minimum Gasteiger partial charge on any atom is -0.494 e. The van der Waals surface area contributed by atoms with Gasteiger partial charge in [0.25, 0.3) is 10.0 Å². The minimum absolute atomic E-state index is 0.0862. The molecule has 0 atom stereocenters. The molecule has 0 N–H and O–H groups in total. The van der Waals surface area contributed by atoms with Crippen molar-refractivity contribution in [1.29, 1.82) is 5.26 Å². The number of nitriles is 1. The Morgan fingerprint density at radius 3 is 2.29 bits per heavy atom. The van der Waals surface area contributed by atoms with Gasteiger partial charge in [0.15, 0.2) is 0 Å². The molecule has 0 aromatic heterocycles. The van der Waals surface area contributed by atoms with Crippen LogP contribution in [0.2, 0.25) is 0 Å². The number of anilines is 1. The third-order valence-corrected chi connectivity index (χ3v) is 5.63. The van der Waals surface area contributed by atoms with Crippen molar-refractivity contribution in [3.8, 4) is 11.8 Å². The van der Waals surface area contributed by atoms with Gasteiger partial charge in [0.05, 0.1) is 29.7 Å². The van der Waals surface area contributed by atoms with Crippen LogP contribution in [0.5, 0.6) is 5.75 Å². The van der Waals surface area contributed by atoms with Crippen LogP contribution in [0.4, 0.5) is 5.69 Å². The van der Waals surface area contributed by atoms with Gasteiger partial charge in [-0.15, -0.1) is 0 Å². The van der Waals surface area contributed by atoms with Crippen molar-refractivity contribution in [3.05, 3.63) is 53.0 Å². The quantitative estimate of drug-likeness (QED) is 0.694. The van der Waals surface area contributed by atoms with Crippen LogP contribution in [0.25, 0.3) is 0 Å².